The second-order valence-corrected chi connectivity index (χ2v) is 19.3. The van der Waals surface area contributed by atoms with Gasteiger partial charge in [-0.05, 0) is 137 Å². The van der Waals surface area contributed by atoms with Gasteiger partial charge in [-0.3, -0.25) is 0 Å². The van der Waals surface area contributed by atoms with Gasteiger partial charge in [0.05, 0.1) is 5.70 Å². The molecule has 68 heavy (non-hydrogen) atoms. The summed E-state index contributed by atoms with van der Waals surface area (Å²) in [6.07, 6.45) is 0.694. The lowest BCUT2D eigenvalue weighted by molar-refractivity contribution is 0.660. The summed E-state index contributed by atoms with van der Waals surface area (Å²) in [6, 6.07) is 77.0. The van der Waals surface area contributed by atoms with Gasteiger partial charge in [0.25, 0.3) is 0 Å². The number of aliphatic imine (C=N–C) groups is 2. The molecule has 2 aliphatic rings. The van der Waals surface area contributed by atoms with E-state index in [1.165, 1.54) is 66.8 Å². The van der Waals surface area contributed by atoms with Gasteiger partial charge in [0, 0.05) is 22.1 Å². The second-order valence-electron chi connectivity index (χ2n) is 19.3. The number of rotatable bonds is 9. The van der Waals surface area contributed by atoms with Gasteiger partial charge >= 0.3 is 0 Å². The summed E-state index contributed by atoms with van der Waals surface area (Å²) in [5.41, 5.74) is 24.4. The van der Waals surface area contributed by atoms with Gasteiger partial charge in [-0.2, -0.15) is 0 Å². The van der Waals surface area contributed by atoms with Crippen LogP contribution in [-0.2, 0) is 10.8 Å². The molecule has 0 aliphatic heterocycles. The third-order valence-corrected chi connectivity index (χ3v) is 14.5. The summed E-state index contributed by atoms with van der Waals surface area (Å²) in [7, 11) is 0. The molecule has 0 spiro atoms. The lowest BCUT2D eigenvalue weighted by Gasteiger charge is -2.22. The van der Waals surface area contributed by atoms with Crippen molar-refractivity contribution < 1.29 is 0 Å². The molecule has 0 unspecified atom stereocenters. The minimum Gasteiger partial charge on any atom is -0.233 e. The Bertz CT molecular complexity index is 3330. The van der Waals surface area contributed by atoms with Crippen molar-refractivity contribution in [2.24, 2.45) is 9.98 Å². The first-order valence-corrected chi connectivity index (χ1v) is 23.9. The molecule has 328 valence electrons. The van der Waals surface area contributed by atoms with Crippen molar-refractivity contribution in [3.8, 4) is 66.8 Å². The Hall–Kier alpha value is -7.94. The molecule has 0 bridgehead atoms. The normalized spacial score (nSPS) is 14.2. The maximum atomic E-state index is 5.56. The zero-order valence-electron chi connectivity index (χ0n) is 39.5. The number of nitrogens with zero attached hydrogens (tertiary/aromatic N) is 2. The molecule has 0 aromatic heterocycles. The molecule has 0 N–H and O–H groups in total. The molecule has 0 fully saturated rings. The molecule has 0 atom stereocenters. The molecule has 0 amide bonds. The minimum absolute atomic E-state index is 0.0725. The molecule has 11 rings (SSSR count). The first-order chi connectivity index (χ1) is 33.1. The number of hydrogen-bond donors (Lipinski definition) is 0. The van der Waals surface area contributed by atoms with E-state index < -0.39 is 0 Å². The van der Waals surface area contributed by atoms with Crippen LogP contribution in [0.25, 0.3) is 72.5 Å². The van der Waals surface area contributed by atoms with Crippen LogP contribution in [0.15, 0.2) is 229 Å². The average Bonchev–Trinajstić information content (AvgIpc) is 3.76. The van der Waals surface area contributed by atoms with Gasteiger partial charge in [-0.15, -0.1) is 0 Å². The van der Waals surface area contributed by atoms with Crippen LogP contribution in [0.4, 0.5) is 0 Å². The van der Waals surface area contributed by atoms with Gasteiger partial charge in [-0.25, -0.2) is 9.98 Å². The predicted octanol–water partition coefficient (Wildman–Crippen LogP) is 17.3. The molecule has 0 saturated heterocycles. The van der Waals surface area contributed by atoms with Crippen molar-refractivity contribution in [1.82, 2.24) is 0 Å². The van der Waals surface area contributed by atoms with Crippen LogP contribution in [0.1, 0.15) is 80.0 Å². The van der Waals surface area contributed by atoms with Crippen LogP contribution >= 0.6 is 0 Å². The van der Waals surface area contributed by atoms with Crippen molar-refractivity contribution in [2.45, 2.75) is 51.9 Å². The average molecular weight is 875 g/mol. The fourth-order valence-electron chi connectivity index (χ4n) is 10.7. The molecule has 2 aliphatic carbocycles. The van der Waals surface area contributed by atoms with Crippen molar-refractivity contribution in [1.29, 1.82) is 0 Å². The van der Waals surface area contributed by atoms with Crippen LogP contribution in [0.2, 0.25) is 0 Å². The molecule has 9 aromatic carbocycles. The number of fused-ring (bicyclic) bond motifs is 6. The summed E-state index contributed by atoms with van der Waals surface area (Å²) in [5.74, 6) is 0.623. The Morgan fingerprint density at radius 2 is 0.750 bits per heavy atom. The fraction of sp³-hybridized carbons (Fsp3) is 0.121. The molecule has 9 aromatic rings. The van der Waals surface area contributed by atoms with Crippen LogP contribution < -0.4 is 0 Å². The minimum atomic E-state index is -0.0725. The molecular formula is C66H54N2. The third-order valence-electron chi connectivity index (χ3n) is 14.5. The van der Waals surface area contributed by atoms with E-state index >= 15 is 0 Å². The summed E-state index contributed by atoms with van der Waals surface area (Å²) in [6.45, 7) is 16.1. The number of hydrogen-bond acceptors (Lipinski definition) is 1. The van der Waals surface area contributed by atoms with Crippen LogP contribution in [-0.4, -0.2) is 11.5 Å². The maximum absolute atomic E-state index is 5.56. The van der Waals surface area contributed by atoms with Crippen molar-refractivity contribution in [3.63, 3.8) is 0 Å². The topological polar surface area (TPSA) is 24.7 Å². The lowest BCUT2D eigenvalue weighted by Crippen LogP contribution is -2.14. The highest BCUT2D eigenvalue weighted by Gasteiger charge is 2.36. The van der Waals surface area contributed by atoms with Crippen molar-refractivity contribution in [2.75, 3.05) is 0 Å². The predicted molar refractivity (Wildman–Crippen MR) is 289 cm³/mol. The Morgan fingerprint density at radius 3 is 1.22 bits per heavy atom. The summed E-state index contributed by atoms with van der Waals surface area (Å²) >= 11 is 0. The maximum Gasteiger partial charge on any atom is 0.160 e. The van der Waals surface area contributed by atoms with E-state index in [0.29, 0.717) is 18.0 Å². The van der Waals surface area contributed by atoms with E-state index in [1.54, 1.807) is 0 Å². The van der Waals surface area contributed by atoms with Gasteiger partial charge in [0.2, 0.25) is 0 Å². The Morgan fingerprint density at radius 1 is 0.353 bits per heavy atom. The molecule has 2 heteroatoms. The Kier molecular flexibility index (Phi) is 10.7. The Labute approximate surface area is 401 Å². The highest BCUT2D eigenvalue weighted by atomic mass is 14.9. The van der Waals surface area contributed by atoms with E-state index in [1.807, 2.05) is 6.07 Å². The molecule has 2 nitrogen and oxygen atoms in total. The molecular weight excluding hydrogens is 821 g/mol. The van der Waals surface area contributed by atoms with Gasteiger partial charge in [0.15, 0.2) is 5.84 Å². The van der Waals surface area contributed by atoms with E-state index in [4.69, 9.17) is 9.98 Å². The van der Waals surface area contributed by atoms with E-state index in [2.05, 4.69) is 247 Å². The van der Waals surface area contributed by atoms with Crippen LogP contribution in [0.3, 0.4) is 0 Å². The van der Waals surface area contributed by atoms with E-state index in [9.17, 15) is 0 Å². The quantitative estimate of drug-likeness (QED) is 0.102. The summed E-state index contributed by atoms with van der Waals surface area (Å²) in [4.78, 5) is 10.8. The first-order valence-electron chi connectivity index (χ1n) is 23.9. The highest BCUT2D eigenvalue weighted by Crippen LogP contribution is 2.51. The zero-order chi connectivity index (χ0) is 46.6. The smallest absolute Gasteiger partial charge is 0.160 e. The van der Waals surface area contributed by atoms with Crippen LogP contribution in [0, 0.1) is 0 Å². The first kappa shape index (κ1) is 42.7. The van der Waals surface area contributed by atoms with Crippen molar-refractivity contribution >= 4 is 17.2 Å². The van der Waals surface area contributed by atoms with Gasteiger partial charge < -0.3 is 0 Å². The lowest BCUT2D eigenvalue weighted by atomic mass is 9.82. The molecule has 0 heterocycles. The standard InChI is InChI=1S/C66H54N2/c1-7-63(68-64(49-32-30-48(31-33-49)46-20-12-9-13-21-46)67-43(2)44-26-28-47(29-27-44)45-18-10-8-11-19-45)54-39-52(50-34-36-61-57(41-50)55-22-14-16-24-59(55)65(61,3)4)38-53(40-54)51-35-37-62-58(42-51)56-23-15-17-25-60(56)66(62,5)6/h8-42H,2,7H2,1,3-6H3/b67-64-,68-63+. The Balaban J connectivity index is 1.06. The SMILES string of the molecule is C=C(/N=C(\N=C(/CC)c1cc(-c2ccc3c(c2)-c2ccccc2C3(C)C)cc(-c2ccc3c(c2)-c2ccccc2C3(C)C)c1)c1ccc(-c2ccccc2)cc1)c1ccc(-c2ccccc2)cc1. The van der Waals surface area contributed by atoms with Gasteiger partial charge in [-0.1, -0.05) is 223 Å². The highest BCUT2D eigenvalue weighted by molar-refractivity contribution is 6.14. The zero-order valence-corrected chi connectivity index (χ0v) is 39.5. The van der Waals surface area contributed by atoms with Crippen LogP contribution in [0.5, 0.6) is 0 Å². The van der Waals surface area contributed by atoms with Crippen molar-refractivity contribution in [3.05, 3.63) is 258 Å². The van der Waals surface area contributed by atoms with E-state index in [0.717, 1.165) is 44.7 Å². The molecule has 0 saturated carbocycles. The largest absolute Gasteiger partial charge is 0.233 e. The third kappa shape index (κ3) is 7.57. The number of amidine groups is 1. The van der Waals surface area contributed by atoms with Gasteiger partial charge in [0.1, 0.15) is 0 Å². The molecule has 0 radical (unpaired) electrons. The monoisotopic (exact) mass is 874 g/mol. The fourth-order valence-corrected chi connectivity index (χ4v) is 10.7. The second kappa shape index (κ2) is 17.0. The summed E-state index contributed by atoms with van der Waals surface area (Å²) < 4.78 is 0. The van der Waals surface area contributed by atoms with E-state index in [-0.39, 0.29) is 10.8 Å². The number of benzene rings is 9. The summed E-state index contributed by atoms with van der Waals surface area (Å²) in [5, 5.41) is 0.